The molecule has 0 aromatic heterocycles. The van der Waals surface area contributed by atoms with Crippen molar-refractivity contribution in [3.05, 3.63) is 29.8 Å². The minimum atomic E-state index is -0.817. The van der Waals surface area contributed by atoms with Crippen molar-refractivity contribution in [3.8, 4) is 0 Å². The average Bonchev–Trinajstić information content (AvgIpc) is 2.72. The van der Waals surface area contributed by atoms with Crippen LogP contribution < -0.4 is 10.2 Å². The summed E-state index contributed by atoms with van der Waals surface area (Å²) < 4.78 is 5.39. The molecule has 28 heavy (non-hydrogen) atoms. The van der Waals surface area contributed by atoms with E-state index in [0.29, 0.717) is 43.5 Å². The van der Waals surface area contributed by atoms with E-state index in [4.69, 9.17) is 4.74 Å². The van der Waals surface area contributed by atoms with Crippen molar-refractivity contribution < 1.29 is 23.9 Å². The van der Waals surface area contributed by atoms with Gasteiger partial charge in [0.05, 0.1) is 11.0 Å². The Balaban J connectivity index is 1.77. The van der Waals surface area contributed by atoms with E-state index < -0.39 is 17.0 Å². The second-order valence-electron chi connectivity index (χ2n) is 8.54. The minimum absolute atomic E-state index is 0.0583. The molecule has 2 saturated heterocycles. The fourth-order valence-electron chi connectivity index (χ4n) is 3.76. The van der Waals surface area contributed by atoms with Gasteiger partial charge in [-0.3, -0.25) is 19.7 Å². The predicted octanol–water partition coefficient (Wildman–Crippen LogP) is 2.58. The summed E-state index contributed by atoms with van der Waals surface area (Å²) in [6.07, 6.45) is 1.97. The number of carbonyl (C=O) groups is 4. The molecule has 2 aliphatic heterocycles. The van der Waals surface area contributed by atoms with Gasteiger partial charge in [-0.05, 0) is 58.2 Å². The summed E-state index contributed by atoms with van der Waals surface area (Å²) in [5.74, 6) is -1.25. The van der Waals surface area contributed by atoms with E-state index in [0.717, 1.165) is 0 Å². The molecule has 7 nitrogen and oxygen atoms in total. The summed E-state index contributed by atoms with van der Waals surface area (Å²) in [7, 11) is 0. The third kappa shape index (κ3) is 4.24. The Bertz CT molecular complexity index is 826. The summed E-state index contributed by atoms with van der Waals surface area (Å²) in [6.45, 7) is 5.75. The van der Waals surface area contributed by atoms with Crippen LogP contribution in [0.5, 0.6) is 0 Å². The van der Waals surface area contributed by atoms with Crippen LogP contribution in [0.4, 0.5) is 5.69 Å². The van der Waals surface area contributed by atoms with Gasteiger partial charge in [-0.2, -0.15) is 0 Å². The average molecular weight is 386 g/mol. The van der Waals surface area contributed by atoms with Crippen LogP contribution in [0.2, 0.25) is 0 Å². The van der Waals surface area contributed by atoms with Gasteiger partial charge in [-0.15, -0.1) is 0 Å². The molecule has 1 atom stereocenters. The summed E-state index contributed by atoms with van der Waals surface area (Å²) in [4.78, 5) is 50.9. The topological polar surface area (TPSA) is 92.8 Å². The molecule has 2 fully saturated rings. The lowest BCUT2D eigenvalue weighted by molar-refractivity contribution is -0.140. The van der Waals surface area contributed by atoms with E-state index in [-0.39, 0.29) is 24.1 Å². The Hall–Kier alpha value is -2.70. The van der Waals surface area contributed by atoms with Crippen molar-refractivity contribution >= 4 is 29.4 Å². The number of piperidine rings is 1. The third-order valence-electron chi connectivity index (χ3n) is 5.19. The normalized spacial score (nSPS) is 23.4. The van der Waals surface area contributed by atoms with Crippen molar-refractivity contribution in [1.82, 2.24) is 5.32 Å². The highest BCUT2D eigenvalue weighted by Crippen LogP contribution is 2.40. The zero-order valence-corrected chi connectivity index (χ0v) is 16.5. The molecule has 1 spiro atoms. The molecule has 3 rings (SSSR count). The molecule has 7 heteroatoms. The van der Waals surface area contributed by atoms with E-state index in [9.17, 15) is 19.2 Å². The highest BCUT2D eigenvalue weighted by atomic mass is 16.6. The number of hydrogen-bond donors (Lipinski definition) is 1. The van der Waals surface area contributed by atoms with Crippen LogP contribution in [0.1, 0.15) is 63.2 Å². The fraction of sp³-hybridized carbons (Fsp3) is 0.524. The molecule has 0 radical (unpaired) electrons. The molecular weight excluding hydrogens is 360 g/mol. The maximum absolute atomic E-state index is 12.9. The van der Waals surface area contributed by atoms with Crippen molar-refractivity contribution in [3.63, 3.8) is 0 Å². The molecule has 0 saturated carbocycles. The molecule has 2 aliphatic rings. The van der Waals surface area contributed by atoms with Crippen molar-refractivity contribution in [2.24, 2.45) is 5.41 Å². The van der Waals surface area contributed by atoms with Gasteiger partial charge < -0.3 is 9.64 Å². The second-order valence-corrected chi connectivity index (χ2v) is 8.54. The van der Waals surface area contributed by atoms with Crippen LogP contribution in [0.15, 0.2) is 24.3 Å². The maximum atomic E-state index is 12.9. The van der Waals surface area contributed by atoms with Gasteiger partial charge in [0.25, 0.3) is 0 Å². The number of nitrogens with one attached hydrogen (secondary N) is 1. The number of benzene rings is 1. The van der Waals surface area contributed by atoms with Crippen molar-refractivity contribution in [2.75, 3.05) is 11.4 Å². The highest BCUT2D eigenvalue weighted by molar-refractivity contribution is 6.04. The molecule has 150 valence electrons. The lowest BCUT2D eigenvalue weighted by atomic mass is 9.74. The molecule has 2 heterocycles. The van der Waals surface area contributed by atoms with Crippen molar-refractivity contribution in [2.45, 2.75) is 58.5 Å². The van der Waals surface area contributed by atoms with Gasteiger partial charge >= 0.3 is 5.97 Å². The summed E-state index contributed by atoms with van der Waals surface area (Å²) >= 11 is 0. The Labute approximate surface area is 164 Å². The highest BCUT2D eigenvalue weighted by Gasteiger charge is 2.46. The Morgan fingerprint density at radius 1 is 1.18 bits per heavy atom. The van der Waals surface area contributed by atoms with Gasteiger partial charge in [0.15, 0.2) is 0 Å². The summed E-state index contributed by atoms with van der Waals surface area (Å²) in [5, 5.41) is 2.41. The smallest absolute Gasteiger partial charge is 0.338 e. The van der Waals surface area contributed by atoms with Crippen LogP contribution in [-0.2, 0) is 19.1 Å². The summed E-state index contributed by atoms with van der Waals surface area (Å²) in [6, 6.07) is 6.77. The van der Waals surface area contributed by atoms with Crippen LogP contribution in [-0.4, -0.2) is 35.8 Å². The molecule has 1 unspecified atom stereocenters. The van der Waals surface area contributed by atoms with Gasteiger partial charge in [-0.1, -0.05) is 6.07 Å². The number of anilines is 1. The number of imide groups is 1. The largest absolute Gasteiger partial charge is 0.456 e. The minimum Gasteiger partial charge on any atom is -0.456 e. The second kappa shape index (κ2) is 7.37. The number of esters is 1. The lowest BCUT2D eigenvalue weighted by Crippen LogP contribution is -2.51. The maximum Gasteiger partial charge on any atom is 0.338 e. The molecular formula is C21H26N2O5. The number of hydrogen-bond acceptors (Lipinski definition) is 5. The third-order valence-corrected chi connectivity index (χ3v) is 5.19. The quantitative estimate of drug-likeness (QED) is 0.623. The monoisotopic (exact) mass is 386 g/mol. The fourth-order valence-corrected chi connectivity index (χ4v) is 3.76. The summed E-state index contributed by atoms with van der Waals surface area (Å²) in [5.41, 5.74) is -0.445. The zero-order chi connectivity index (χ0) is 20.5. The first-order chi connectivity index (χ1) is 13.1. The van der Waals surface area contributed by atoms with Crippen LogP contribution in [0.3, 0.4) is 0 Å². The molecule has 1 N–H and O–H groups in total. The number of carbonyl (C=O) groups excluding carboxylic acids is 4. The van der Waals surface area contributed by atoms with Gasteiger partial charge in [-0.25, -0.2) is 4.79 Å². The Morgan fingerprint density at radius 3 is 2.61 bits per heavy atom. The number of amides is 3. The molecule has 1 aromatic rings. The van der Waals surface area contributed by atoms with E-state index in [2.05, 4.69) is 5.32 Å². The molecule has 0 bridgehead atoms. The standard InChI is InChI=1S/C21H26N2O5/c1-20(2,3)28-18(26)14-6-4-7-15(12-14)23-11-10-21(13-17(23)25)9-5-8-16(24)22-19(21)27/h4,6-7,12H,5,8-11,13H2,1-3H3,(H,22,24,27). The van der Waals surface area contributed by atoms with Crippen LogP contribution in [0, 0.1) is 5.41 Å². The van der Waals surface area contributed by atoms with E-state index in [1.54, 1.807) is 49.9 Å². The van der Waals surface area contributed by atoms with Gasteiger partial charge in [0.2, 0.25) is 17.7 Å². The van der Waals surface area contributed by atoms with Crippen molar-refractivity contribution in [1.29, 1.82) is 0 Å². The number of ether oxygens (including phenoxy) is 1. The zero-order valence-electron chi connectivity index (χ0n) is 16.5. The van der Waals surface area contributed by atoms with E-state index in [1.165, 1.54) is 0 Å². The molecule has 0 aliphatic carbocycles. The lowest BCUT2D eigenvalue weighted by Gasteiger charge is -2.39. The Kier molecular flexibility index (Phi) is 5.28. The molecule has 1 aromatic carbocycles. The number of nitrogens with zero attached hydrogens (tertiary/aromatic N) is 1. The first-order valence-corrected chi connectivity index (χ1v) is 9.58. The van der Waals surface area contributed by atoms with Gasteiger partial charge in [0.1, 0.15) is 5.60 Å². The first-order valence-electron chi connectivity index (χ1n) is 9.58. The van der Waals surface area contributed by atoms with E-state index >= 15 is 0 Å². The van der Waals surface area contributed by atoms with E-state index in [1.807, 2.05) is 0 Å². The first kappa shape index (κ1) is 20.0. The Morgan fingerprint density at radius 2 is 1.93 bits per heavy atom. The predicted molar refractivity (Wildman–Crippen MR) is 103 cm³/mol. The number of rotatable bonds is 2. The molecule has 3 amide bonds. The van der Waals surface area contributed by atoms with Crippen LogP contribution >= 0.6 is 0 Å². The van der Waals surface area contributed by atoms with Gasteiger partial charge in [0, 0.05) is 25.1 Å². The SMILES string of the molecule is CC(C)(C)OC(=O)c1cccc(N2CCC3(CCCC(=O)NC3=O)CC2=O)c1. The van der Waals surface area contributed by atoms with Crippen LogP contribution in [0.25, 0.3) is 0 Å².